The van der Waals surface area contributed by atoms with Gasteiger partial charge < -0.3 is 14.9 Å². The highest BCUT2D eigenvalue weighted by atomic mass is 35.5. The minimum absolute atomic E-state index is 0.277. The summed E-state index contributed by atoms with van der Waals surface area (Å²) in [5, 5.41) is 18.0. The molecule has 0 aliphatic carbocycles. The minimum atomic E-state index is -1.04. The SMILES string of the molecule is OC1(c2nc(Cc3ccccc3Cl)no2)CCNC1. The monoisotopic (exact) mass is 279 g/mol. The Labute approximate surface area is 115 Å². The van der Waals surface area contributed by atoms with E-state index in [1.807, 2.05) is 24.3 Å². The van der Waals surface area contributed by atoms with Gasteiger partial charge in [0, 0.05) is 18.0 Å². The molecule has 2 aromatic rings. The van der Waals surface area contributed by atoms with Gasteiger partial charge in [-0.05, 0) is 24.6 Å². The van der Waals surface area contributed by atoms with Crippen molar-refractivity contribution in [3.05, 3.63) is 46.6 Å². The van der Waals surface area contributed by atoms with Crippen LogP contribution in [0.5, 0.6) is 0 Å². The van der Waals surface area contributed by atoms with Crippen LogP contribution < -0.4 is 5.32 Å². The number of nitrogens with one attached hydrogen (secondary N) is 1. The Morgan fingerprint density at radius 1 is 1.42 bits per heavy atom. The number of benzene rings is 1. The second-order valence-electron chi connectivity index (χ2n) is 4.74. The van der Waals surface area contributed by atoms with E-state index in [9.17, 15) is 5.11 Å². The molecule has 1 aromatic carbocycles. The Kier molecular flexibility index (Phi) is 3.26. The third kappa shape index (κ3) is 2.49. The van der Waals surface area contributed by atoms with Gasteiger partial charge in [-0.15, -0.1) is 0 Å². The van der Waals surface area contributed by atoms with Crippen molar-refractivity contribution in [3.63, 3.8) is 0 Å². The van der Waals surface area contributed by atoms with Crippen molar-refractivity contribution in [1.29, 1.82) is 0 Å². The molecule has 6 heteroatoms. The van der Waals surface area contributed by atoms with Crippen molar-refractivity contribution >= 4 is 11.6 Å². The second kappa shape index (κ2) is 4.92. The first-order valence-electron chi connectivity index (χ1n) is 6.17. The maximum absolute atomic E-state index is 10.3. The molecule has 1 atom stereocenters. The van der Waals surface area contributed by atoms with E-state index in [2.05, 4.69) is 15.5 Å². The van der Waals surface area contributed by atoms with E-state index in [0.29, 0.717) is 30.2 Å². The molecular weight excluding hydrogens is 266 g/mol. The van der Waals surface area contributed by atoms with Crippen molar-refractivity contribution < 1.29 is 9.63 Å². The molecule has 0 bridgehead atoms. The number of aliphatic hydroxyl groups is 1. The zero-order valence-corrected chi connectivity index (χ0v) is 11.0. The Hall–Kier alpha value is -1.43. The standard InChI is InChI=1S/C13H14ClN3O2/c14-10-4-2-1-3-9(10)7-11-16-12(19-17-11)13(18)5-6-15-8-13/h1-4,15,18H,5-8H2. The van der Waals surface area contributed by atoms with Gasteiger partial charge in [-0.3, -0.25) is 0 Å². The lowest BCUT2D eigenvalue weighted by Crippen LogP contribution is -2.28. The van der Waals surface area contributed by atoms with Gasteiger partial charge >= 0.3 is 0 Å². The molecule has 0 spiro atoms. The van der Waals surface area contributed by atoms with E-state index in [0.717, 1.165) is 12.1 Å². The highest BCUT2D eigenvalue weighted by Crippen LogP contribution is 2.26. The number of hydrogen-bond acceptors (Lipinski definition) is 5. The van der Waals surface area contributed by atoms with Gasteiger partial charge in [0.15, 0.2) is 11.4 Å². The van der Waals surface area contributed by atoms with Crippen molar-refractivity contribution in [1.82, 2.24) is 15.5 Å². The summed E-state index contributed by atoms with van der Waals surface area (Å²) in [6, 6.07) is 7.54. The van der Waals surface area contributed by atoms with E-state index in [-0.39, 0.29) is 5.89 Å². The molecule has 1 aliphatic heterocycles. The Bertz CT molecular complexity index is 579. The van der Waals surface area contributed by atoms with Crippen LogP contribution >= 0.6 is 11.6 Å². The molecule has 2 N–H and O–H groups in total. The van der Waals surface area contributed by atoms with E-state index in [4.69, 9.17) is 16.1 Å². The van der Waals surface area contributed by atoms with E-state index < -0.39 is 5.60 Å². The van der Waals surface area contributed by atoms with Gasteiger partial charge in [0.2, 0.25) is 0 Å². The molecule has 1 unspecified atom stereocenters. The summed E-state index contributed by atoms with van der Waals surface area (Å²) in [6.07, 6.45) is 1.08. The van der Waals surface area contributed by atoms with Gasteiger partial charge in [0.1, 0.15) is 0 Å². The normalized spacial score (nSPS) is 22.8. The molecule has 2 heterocycles. The fourth-order valence-corrected chi connectivity index (χ4v) is 2.39. The number of rotatable bonds is 3. The van der Waals surface area contributed by atoms with Gasteiger partial charge in [0.25, 0.3) is 5.89 Å². The molecule has 19 heavy (non-hydrogen) atoms. The maximum Gasteiger partial charge on any atom is 0.259 e. The van der Waals surface area contributed by atoms with Crippen molar-refractivity contribution in [2.24, 2.45) is 0 Å². The Balaban J connectivity index is 1.80. The predicted molar refractivity (Wildman–Crippen MR) is 69.9 cm³/mol. The fraction of sp³-hybridized carbons (Fsp3) is 0.385. The number of nitrogens with zero attached hydrogens (tertiary/aromatic N) is 2. The fourth-order valence-electron chi connectivity index (χ4n) is 2.19. The van der Waals surface area contributed by atoms with Crippen molar-refractivity contribution in [3.8, 4) is 0 Å². The topological polar surface area (TPSA) is 71.2 Å². The molecule has 1 fully saturated rings. The number of β-amino-alcohol motifs (C(OH)–C–C–N with tert-alkyl or cyclic N) is 1. The number of hydrogen-bond donors (Lipinski definition) is 2. The largest absolute Gasteiger partial charge is 0.379 e. The average Bonchev–Trinajstić information content (AvgIpc) is 3.02. The molecule has 100 valence electrons. The third-order valence-corrected chi connectivity index (χ3v) is 3.67. The second-order valence-corrected chi connectivity index (χ2v) is 5.15. The molecule has 0 saturated carbocycles. The first-order chi connectivity index (χ1) is 9.17. The highest BCUT2D eigenvalue weighted by Gasteiger charge is 2.38. The smallest absolute Gasteiger partial charge is 0.259 e. The maximum atomic E-state index is 10.3. The van der Waals surface area contributed by atoms with Crippen LogP contribution in [0.2, 0.25) is 5.02 Å². The first-order valence-corrected chi connectivity index (χ1v) is 6.55. The molecule has 0 radical (unpaired) electrons. The average molecular weight is 280 g/mol. The van der Waals surface area contributed by atoms with E-state index in [1.165, 1.54) is 0 Å². The molecule has 1 aliphatic rings. The van der Waals surface area contributed by atoms with Crippen molar-refractivity contribution in [2.45, 2.75) is 18.4 Å². The number of halogens is 1. The zero-order chi connectivity index (χ0) is 13.3. The molecule has 1 aromatic heterocycles. The van der Waals surface area contributed by atoms with Crippen LogP contribution in [0, 0.1) is 0 Å². The minimum Gasteiger partial charge on any atom is -0.379 e. The Morgan fingerprint density at radius 2 is 2.26 bits per heavy atom. The predicted octanol–water partition coefficient (Wildman–Crippen LogP) is 1.49. The van der Waals surface area contributed by atoms with Crippen LogP contribution in [0.25, 0.3) is 0 Å². The summed E-state index contributed by atoms with van der Waals surface area (Å²) >= 11 is 6.09. The van der Waals surface area contributed by atoms with E-state index in [1.54, 1.807) is 0 Å². The lowest BCUT2D eigenvalue weighted by molar-refractivity contribution is 0.0243. The Morgan fingerprint density at radius 3 is 3.00 bits per heavy atom. The van der Waals surface area contributed by atoms with E-state index >= 15 is 0 Å². The van der Waals surface area contributed by atoms with Crippen LogP contribution in [0.4, 0.5) is 0 Å². The first kappa shape index (κ1) is 12.6. The molecule has 0 amide bonds. The summed E-state index contributed by atoms with van der Waals surface area (Å²) in [7, 11) is 0. The van der Waals surface area contributed by atoms with Crippen LogP contribution in [0.15, 0.2) is 28.8 Å². The van der Waals surface area contributed by atoms with Crippen molar-refractivity contribution in [2.75, 3.05) is 13.1 Å². The molecular formula is C13H14ClN3O2. The summed E-state index contributed by atoms with van der Waals surface area (Å²) in [4.78, 5) is 4.27. The molecule has 1 saturated heterocycles. The highest BCUT2D eigenvalue weighted by molar-refractivity contribution is 6.31. The van der Waals surface area contributed by atoms with Crippen LogP contribution in [0.3, 0.4) is 0 Å². The van der Waals surface area contributed by atoms with Gasteiger partial charge in [-0.2, -0.15) is 4.98 Å². The van der Waals surface area contributed by atoms with Gasteiger partial charge in [-0.25, -0.2) is 0 Å². The van der Waals surface area contributed by atoms with Crippen LogP contribution in [-0.4, -0.2) is 28.3 Å². The summed E-state index contributed by atoms with van der Waals surface area (Å²) < 4.78 is 5.17. The third-order valence-electron chi connectivity index (χ3n) is 3.31. The molecule has 3 rings (SSSR count). The zero-order valence-electron chi connectivity index (χ0n) is 10.3. The quantitative estimate of drug-likeness (QED) is 0.891. The summed E-state index contributed by atoms with van der Waals surface area (Å²) in [5.74, 6) is 0.808. The lowest BCUT2D eigenvalue weighted by Gasteiger charge is -2.14. The number of aromatic nitrogens is 2. The summed E-state index contributed by atoms with van der Waals surface area (Å²) in [5.41, 5.74) is -0.0980. The molecule has 5 nitrogen and oxygen atoms in total. The van der Waals surface area contributed by atoms with Crippen LogP contribution in [0.1, 0.15) is 23.7 Å². The van der Waals surface area contributed by atoms with Crippen LogP contribution in [-0.2, 0) is 12.0 Å². The van der Waals surface area contributed by atoms with Gasteiger partial charge in [0.05, 0.1) is 0 Å². The van der Waals surface area contributed by atoms with Gasteiger partial charge in [-0.1, -0.05) is 35.0 Å². The summed E-state index contributed by atoms with van der Waals surface area (Å²) in [6.45, 7) is 1.19. The lowest BCUT2D eigenvalue weighted by atomic mass is 10.0.